The Morgan fingerprint density at radius 2 is 1.60 bits per heavy atom. The van der Waals surface area contributed by atoms with Gasteiger partial charge < -0.3 is 5.11 Å². The van der Waals surface area contributed by atoms with E-state index in [1.165, 1.54) is 0 Å². The highest BCUT2D eigenvalue weighted by atomic mass is 16.3. The van der Waals surface area contributed by atoms with Gasteiger partial charge in [-0.25, -0.2) is 0 Å². The molecule has 0 radical (unpaired) electrons. The predicted molar refractivity (Wildman–Crippen MR) is 57.1 cm³/mol. The number of aliphatic hydroxyl groups is 1. The van der Waals surface area contributed by atoms with Gasteiger partial charge in [-0.15, -0.1) is 0 Å². The van der Waals surface area contributed by atoms with E-state index in [2.05, 4.69) is 20.1 Å². The highest BCUT2D eigenvalue weighted by Gasteiger charge is 2.02. The minimum absolute atomic E-state index is 0.344. The predicted octanol–water partition coefficient (Wildman–Crippen LogP) is 2.92. The smallest absolute Gasteiger partial charge is 0.0541 e. The van der Waals surface area contributed by atoms with E-state index < -0.39 is 6.10 Å². The quantitative estimate of drug-likeness (QED) is 0.269. The third kappa shape index (κ3) is 10.5. The van der Waals surface area contributed by atoms with Crippen LogP contribution in [-0.2, 0) is 0 Å². The van der Waals surface area contributed by atoms with Crippen LogP contribution in [0.4, 0.5) is 0 Å². The lowest BCUT2D eigenvalue weighted by atomic mass is 10.1. The van der Waals surface area contributed by atoms with Crippen LogP contribution in [0.15, 0.2) is 10.2 Å². The SMILES string of the molecule is [N-]=[N+]=NCCCCCC(O)CCN=[N+]=[N-]. The van der Waals surface area contributed by atoms with Gasteiger partial charge in [0.25, 0.3) is 0 Å². The summed E-state index contributed by atoms with van der Waals surface area (Å²) >= 11 is 0. The van der Waals surface area contributed by atoms with Crippen molar-refractivity contribution in [2.75, 3.05) is 13.1 Å². The van der Waals surface area contributed by atoms with Crippen LogP contribution in [0.1, 0.15) is 32.1 Å². The van der Waals surface area contributed by atoms with Crippen molar-refractivity contribution in [1.29, 1.82) is 0 Å². The van der Waals surface area contributed by atoms with Crippen molar-refractivity contribution in [2.45, 2.75) is 38.2 Å². The first kappa shape index (κ1) is 13.6. The summed E-state index contributed by atoms with van der Waals surface area (Å²) in [6, 6.07) is 0. The van der Waals surface area contributed by atoms with Gasteiger partial charge in [-0.05, 0) is 30.3 Å². The topological polar surface area (TPSA) is 118 Å². The van der Waals surface area contributed by atoms with Crippen molar-refractivity contribution in [2.24, 2.45) is 10.2 Å². The molecular weight excluding hydrogens is 196 g/mol. The van der Waals surface area contributed by atoms with Crippen molar-refractivity contribution in [3.05, 3.63) is 20.9 Å². The Hall–Kier alpha value is -1.42. The molecular formula is C8H16N6O. The third-order valence-corrected chi connectivity index (χ3v) is 1.98. The largest absolute Gasteiger partial charge is 0.393 e. The third-order valence-electron chi connectivity index (χ3n) is 1.98. The maximum Gasteiger partial charge on any atom is 0.0541 e. The molecule has 0 aromatic heterocycles. The van der Waals surface area contributed by atoms with Crippen LogP contribution in [0.2, 0.25) is 0 Å². The van der Waals surface area contributed by atoms with E-state index in [0.717, 1.165) is 19.3 Å². The molecule has 0 aromatic rings. The molecule has 0 rings (SSSR count). The van der Waals surface area contributed by atoms with Gasteiger partial charge in [0, 0.05) is 22.9 Å². The van der Waals surface area contributed by atoms with Crippen molar-refractivity contribution in [1.82, 2.24) is 0 Å². The summed E-state index contributed by atoms with van der Waals surface area (Å²) in [6.07, 6.45) is 3.52. The zero-order valence-electron chi connectivity index (χ0n) is 8.66. The average Bonchev–Trinajstić information content (AvgIpc) is 2.23. The van der Waals surface area contributed by atoms with E-state index in [4.69, 9.17) is 11.1 Å². The van der Waals surface area contributed by atoms with E-state index in [0.29, 0.717) is 25.9 Å². The zero-order chi connectivity index (χ0) is 11.4. The fourth-order valence-corrected chi connectivity index (χ4v) is 1.18. The number of aliphatic hydroxyl groups excluding tert-OH is 1. The Morgan fingerprint density at radius 1 is 0.933 bits per heavy atom. The molecule has 15 heavy (non-hydrogen) atoms. The average molecular weight is 212 g/mol. The van der Waals surface area contributed by atoms with Crippen LogP contribution >= 0.6 is 0 Å². The molecule has 0 saturated heterocycles. The van der Waals surface area contributed by atoms with Gasteiger partial charge in [0.2, 0.25) is 0 Å². The maximum atomic E-state index is 9.41. The molecule has 0 heterocycles. The lowest BCUT2D eigenvalue weighted by molar-refractivity contribution is 0.153. The normalized spacial score (nSPS) is 11.3. The van der Waals surface area contributed by atoms with E-state index in [-0.39, 0.29) is 0 Å². The summed E-state index contributed by atoms with van der Waals surface area (Å²) in [5.41, 5.74) is 16.0. The van der Waals surface area contributed by atoms with Crippen LogP contribution in [-0.4, -0.2) is 24.3 Å². The van der Waals surface area contributed by atoms with Crippen molar-refractivity contribution < 1.29 is 5.11 Å². The Kier molecular flexibility index (Phi) is 9.65. The molecule has 0 saturated carbocycles. The van der Waals surface area contributed by atoms with Gasteiger partial charge in [-0.1, -0.05) is 23.1 Å². The molecule has 0 aliphatic carbocycles. The first-order valence-corrected chi connectivity index (χ1v) is 5.01. The van der Waals surface area contributed by atoms with Crippen molar-refractivity contribution in [3.8, 4) is 0 Å². The monoisotopic (exact) mass is 212 g/mol. The summed E-state index contributed by atoms with van der Waals surface area (Å²) in [5, 5.41) is 16.2. The molecule has 0 bridgehead atoms. The molecule has 0 aliphatic heterocycles. The van der Waals surface area contributed by atoms with Gasteiger partial charge in [-0.3, -0.25) is 0 Å². The molecule has 84 valence electrons. The molecule has 0 amide bonds. The van der Waals surface area contributed by atoms with Crippen LogP contribution in [0.3, 0.4) is 0 Å². The van der Waals surface area contributed by atoms with Gasteiger partial charge >= 0.3 is 0 Å². The molecule has 0 aromatic carbocycles. The van der Waals surface area contributed by atoms with Crippen molar-refractivity contribution >= 4 is 0 Å². The summed E-state index contributed by atoms with van der Waals surface area (Å²) in [4.78, 5) is 5.25. The minimum atomic E-state index is -0.394. The van der Waals surface area contributed by atoms with Crippen LogP contribution < -0.4 is 0 Å². The molecule has 1 N–H and O–H groups in total. The Morgan fingerprint density at radius 3 is 2.27 bits per heavy atom. The van der Waals surface area contributed by atoms with Crippen LogP contribution in [0.25, 0.3) is 20.9 Å². The van der Waals surface area contributed by atoms with Crippen LogP contribution in [0.5, 0.6) is 0 Å². The highest BCUT2D eigenvalue weighted by molar-refractivity contribution is 4.59. The summed E-state index contributed by atoms with van der Waals surface area (Å²) < 4.78 is 0. The maximum absolute atomic E-state index is 9.41. The second kappa shape index (κ2) is 10.7. The first-order valence-electron chi connectivity index (χ1n) is 5.01. The fraction of sp³-hybridized carbons (Fsp3) is 1.00. The number of unbranched alkanes of at least 4 members (excludes halogenated alkanes) is 2. The second-order valence-electron chi connectivity index (χ2n) is 3.20. The Balaban J connectivity index is 3.26. The number of rotatable bonds is 9. The van der Waals surface area contributed by atoms with Crippen molar-refractivity contribution in [3.63, 3.8) is 0 Å². The Bertz CT molecular complexity index is 244. The highest BCUT2D eigenvalue weighted by Crippen LogP contribution is 2.06. The fourth-order valence-electron chi connectivity index (χ4n) is 1.18. The van der Waals surface area contributed by atoms with Gasteiger partial charge in [0.1, 0.15) is 0 Å². The molecule has 0 spiro atoms. The standard InChI is InChI=1S/C8H16N6O/c9-13-11-6-3-1-2-4-8(15)5-7-12-14-10/h8,15H,1-7H2. The van der Waals surface area contributed by atoms with E-state index >= 15 is 0 Å². The summed E-state index contributed by atoms with van der Waals surface area (Å²) in [6.45, 7) is 0.863. The number of azide groups is 2. The van der Waals surface area contributed by atoms with Gasteiger partial charge in [0.05, 0.1) is 6.10 Å². The first-order chi connectivity index (χ1) is 7.31. The summed E-state index contributed by atoms with van der Waals surface area (Å²) in [7, 11) is 0. The van der Waals surface area contributed by atoms with E-state index in [1.807, 2.05) is 0 Å². The number of hydrogen-bond donors (Lipinski definition) is 1. The molecule has 7 heteroatoms. The van der Waals surface area contributed by atoms with E-state index in [1.54, 1.807) is 0 Å². The second-order valence-corrected chi connectivity index (χ2v) is 3.20. The Labute approximate surface area is 88.4 Å². The number of nitrogens with zero attached hydrogens (tertiary/aromatic N) is 6. The molecule has 0 fully saturated rings. The van der Waals surface area contributed by atoms with Gasteiger partial charge in [-0.2, -0.15) is 0 Å². The molecule has 1 unspecified atom stereocenters. The number of hydrogen-bond acceptors (Lipinski definition) is 3. The van der Waals surface area contributed by atoms with E-state index in [9.17, 15) is 5.11 Å². The zero-order valence-corrected chi connectivity index (χ0v) is 8.66. The van der Waals surface area contributed by atoms with Gasteiger partial charge in [0.15, 0.2) is 0 Å². The lowest BCUT2D eigenvalue weighted by Crippen LogP contribution is -2.07. The minimum Gasteiger partial charge on any atom is -0.393 e. The lowest BCUT2D eigenvalue weighted by Gasteiger charge is -2.07. The molecule has 0 aliphatic rings. The molecule has 1 atom stereocenters. The van der Waals surface area contributed by atoms with Crippen LogP contribution in [0, 0.1) is 0 Å². The molecule has 7 nitrogen and oxygen atoms in total. The summed E-state index contributed by atoms with van der Waals surface area (Å²) in [5.74, 6) is 0.